The highest BCUT2D eigenvalue weighted by Gasteiger charge is 2.10. The second-order valence-electron chi connectivity index (χ2n) is 3.94. The molecule has 14 heavy (non-hydrogen) atoms. The quantitative estimate of drug-likeness (QED) is 0.687. The minimum Gasteiger partial charge on any atom is -0.296 e. The lowest BCUT2D eigenvalue weighted by molar-refractivity contribution is 0.231. The lowest BCUT2D eigenvalue weighted by Crippen LogP contribution is -2.39. The van der Waals surface area contributed by atoms with Gasteiger partial charge in [-0.2, -0.15) is 0 Å². The lowest BCUT2D eigenvalue weighted by Gasteiger charge is -2.26. The van der Waals surface area contributed by atoms with Crippen molar-refractivity contribution >= 4 is 0 Å². The van der Waals surface area contributed by atoms with Crippen LogP contribution in [0.3, 0.4) is 0 Å². The van der Waals surface area contributed by atoms with Gasteiger partial charge >= 0.3 is 0 Å². The van der Waals surface area contributed by atoms with Crippen LogP contribution < -0.4 is 5.32 Å². The zero-order valence-electron chi connectivity index (χ0n) is 8.74. The van der Waals surface area contributed by atoms with Crippen LogP contribution in [0.5, 0.6) is 0 Å². The van der Waals surface area contributed by atoms with Crippen molar-refractivity contribution in [2.75, 3.05) is 26.2 Å². The van der Waals surface area contributed by atoms with E-state index in [1.54, 1.807) is 0 Å². The zero-order valence-corrected chi connectivity index (χ0v) is 8.74. The number of piperazine rings is 1. The molecule has 1 aliphatic rings. The van der Waals surface area contributed by atoms with E-state index in [0.717, 1.165) is 32.7 Å². The standard InChI is InChI=1S/C12H17N2/c1-11-3-2-4-12(9-11)10-14-7-5-13-6-8-14/h2-4,9H,5-8,10H2,1H3. The molecule has 2 rings (SSSR count). The Bertz CT molecular complexity index is 290. The Morgan fingerprint density at radius 3 is 2.79 bits per heavy atom. The molecule has 0 N–H and O–H groups in total. The molecule has 0 saturated carbocycles. The average Bonchev–Trinajstić information content (AvgIpc) is 2.19. The summed E-state index contributed by atoms with van der Waals surface area (Å²) < 4.78 is 0. The molecule has 75 valence electrons. The molecule has 1 aromatic carbocycles. The van der Waals surface area contributed by atoms with Gasteiger partial charge in [-0.3, -0.25) is 4.90 Å². The average molecular weight is 189 g/mol. The number of aryl methyl sites for hydroxylation is 1. The van der Waals surface area contributed by atoms with Crippen molar-refractivity contribution in [3.8, 4) is 0 Å². The van der Waals surface area contributed by atoms with E-state index in [2.05, 4.69) is 41.4 Å². The van der Waals surface area contributed by atoms with Gasteiger partial charge in [-0.25, -0.2) is 5.32 Å². The number of hydrogen-bond donors (Lipinski definition) is 0. The monoisotopic (exact) mass is 189 g/mol. The van der Waals surface area contributed by atoms with E-state index in [-0.39, 0.29) is 0 Å². The fourth-order valence-corrected chi connectivity index (χ4v) is 1.87. The van der Waals surface area contributed by atoms with Gasteiger partial charge in [0.25, 0.3) is 0 Å². The third-order valence-corrected chi connectivity index (χ3v) is 2.64. The molecule has 0 spiro atoms. The van der Waals surface area contributed by atoms with Crippen molar-refractivity contribution in [2.45, 2.75) is 13.5 Å². The summed E-state index contributed by atoms with van der Waals surface area (Å²) >= 11 is 0. The third kappa shape index (κ3) is 2.56. The van der Waals surface area contributed by atoms with Gasteiger partial charge in [0.15, 0.2) is 0 Å². The Kier molecular flexibility index (Phi) is 3.17. The van der Waals surface area contributed by atoms with Crippen molar-refractivity contribution in [1.29, 1.82) is 0 Å². The molecule has 0 bridgehead atoms. The summed E-state index contributed by atoms with van der Waals surface area (Å²) in [6.07, 6.45) is 0. The molecule has 0 atom stereocenters. The fourth-order valence-electron chi connectivity index (χ4n) is 1.87. The number of hydrogen-bond acceptors (Lipinski definition) is 1. The van der Waals surface area contributed by atoms with E-state index in [1.807, 2.05) is 0 Å². The van der Waals surface area contributed by atoms with Gasteiger partial charge in [0.2, 0.25) is 0 Å². The van der Waals surface area contributed by atoms with Crippen molar-refractivity contribution < 1.29 is 0 Å². The van der Waals surface area contributed by atoms with Crippen LogP contribution >= 0.6 is 0 Å². The fraction of sp³-hybridized carbons (Fsp3) is 0.500. The molecule has 0 aliphatic carbocycles. The smallest absolute Gasteiger partial charge is 0.0261 e. The molecule has 2 nitrogen and oxygen atoms in total. The maximum atomic E-state index is 4.34. The molecular formula is C12H17N2. The van der Waals surface area contributed by atoms with Crippen molar-refractivity contribution in [3.63, 3.8) is 0 Å². The molecule has 1 heterocycles. The first-order chi connectivity index (χ1) is 6.84. The first-order valence-corrected chi connectivity index (χ1v) is 5.26. The normalized spacial score (nSPS) is 18.4. The first kappa shape index (κ1) is 9.69. The van der Waals surface area contributed by atoms with Gasteiger partial charge in [0.05, 0.1) is 0 Å². The Labute approximate surface area is 85.9 Å². The Morgan fingerprint density at radius 1 is 1.29 bits per heavy atom. The highest BCUT2D eigenvalue weighted by atomic mass is 15.2. The van der Waals surface area contributed by atoms with Crippen LogP contribution in [-0.2, 0) is 6.54 Å². The van der Waals surface area contributed by atoms with Gasteiger partial charge in [-0.15, -0.1) is 0 Å². The molecule has 1 saturated heterocycles. The predicted octanol–water partition coefficient (Wildman–Crippen LogP) is 1.42. The second kappa shape index (κ2) is 4.58. The van der Waals surface area contributed by atoms with E-state index >= 15 is 0 Å². The van der Waals surface area contributed by atoms with Gasteiger partial charge in [0, 0.05) is 32.7 Å². The van der Waals surface area contributed by atoms with E-state index in [1.165, 1.54) is 11.1 Å². The van der Waals surface area contributed by atoms with Crippen LogP contribution in [-0.4, -0.2) is 31.1 Å². The predicted molar refractivity (Wildman–Crippen MR) is 58.3 cm³/mol. The summed E-state index contributed by atoms with van der Waals surface area (Å²) in [5.41, 5.74) is 2.77. The van der Waals surface area contributed by atoms with E-state index < -0.39 is 0 Å². The van der Waals surface area contributed by atoms with Crippen molar-refractivity contribution in [3.05, 3.63) is 35.4 Å². The van der Waals surface area contributed by atoms with Crippen LogP contribution in [0.4, 0.5) is 0 Å². The topological polar surface area (TPSA) is 17.3 Å². The maximum absolute atomic E-state index is 4.34. The second-order valence-corrected chi connectivity index (χ2v) is 3.94. The molecular weight excluding hydrogens is 172 g/mol. The van der Waals surface area contributed by atoms with Gasteiger partial charge < -0.3 is 0 Å². The van der Waals surface area contributed by atoms with Crippen LogP contribution in [0, 0.1) is 6.92 Å². The summed E-state index contributed by atoms with van der Waals surface area (Å²) in [6.45, 7) is 7.48. The number of nitrogens with zero attached hydrogens (tertiary/aromatic N) is 2. The van der Waals surface area contributed by atoms with Crippen molar-refractivity contribution in [2.24, 2.45) is 0 Å². The molecule has 0 unspecified atom stereocenters. The minimum absolute atomic E-state index is 1.01. The lowest BCUT2D eigenvalue weighted by atomic mass is 10.1. The van der Waals surface area contributed by atoms with Crippen LogP contribution in [0.15, 0.2) is 24.3 Å². The molecule has 1 radical (unpaired) electrons. The summed E-state index contributed by atoms with van der Waals surface area (Å²) in [5, 5.41) is 4.34. The van der Waals surface area contributed by atoms with Crippen molar-refractivity contribution in [1.82, 2.24) is 10.2 Å². The Hall–Kier alpha value is -0.860. The Balaban J connectivity index is 1.95. The van der Waals surface area contributed by atoms with Crippen LogP contribution in [0.2, 0.25) is 0 Å². The molecule has 2 heteroatoms. The number of rotatable bonds is 2. The molecule has 0 amide bonds. The largest absolute Gasteiger partial charge is 0.296 e. The number of benzene rings is 1. The summed E-state index contributed by atoms with van der Waals surface area (Å²) in [7, 11) is 0. The molecule has 0 aromatic heterocycles. The SMILES string of the molecule is Cc1cccc(CN2CC[N]CC2)c1. The van der Waals surface area contributed by atoms with Gasteiger partial charge in [0.1, 0.15) is 0 Å². The summed E-state index contributed by atoms with van der Waals surface area (Å²) in [6, 6.07) is 8.76. The third-order valence-electron chi connectivity index (χ3n) is 2.64. The molecule has 1 aliphatic heterocycles. The molecule has 1 fully saturated rings. The van der Waals surface area contributed by atoms with Gasteiger partial charge in [-0.1, -0.05) is 29.8 Å². The van der Waals surface area contributed by atoms with Crippen LogP contribution in [0.1, 0.15) is 11.1 Å². The zero-order chi connectivity index (χ0) is 9.80. The highest BCUT2D eigenvalue weighted by Crippen LogP contribution is 2.08. The summed E-state index contributed by atoms with van der Waals surface area (Å²) in [4.78, 5) is 2.47. The van der Waals surface area contributed by atoms with Gasteiger partial charge in [-0.05, 0) is 12.5 Å². The van der Waals surface area contributed by atoms with E-state index in [4.69, 9.17) is 0 Å². The molecule has 1 aromatic rings. The summed E-state index contributed by atoms with van der Waals surface area (Å²) in [5.74, 6) is 0. The minimum atomic E-state index is 1.01. The van der Waals surface area contributed by atoms with Crippen LogP contribution in [0.25, 0.3) is 0 Å². The highest BCUT2D eigenvalue weighted by molar-refractivity contribution is 5.22. The van der Waals surface area contributed by atoms with E-state index in [0.29, 0.717) is 0 Å². The van der Waals surface area contributed by atoms with E-state index in [9.17, 15) is 0 Å². The Morgan fingerprint density at radius 2 is 2.07 bits per heavy atom. The first-order valence-electron chi connectivity index (χ1n) is 5.26. The maximum Gasteiger partial charge on any atom is 0.0261 e.